The molecule has 15 heteroatoms. The predicted octanol–water partition coefficient (Wildman–Crippen LogP) is 0.483. The van der Waals surface area contributed by atoms with E-state index in [1.165, 1.54) is 19.0 Å². The van der Waals surface area contributed by atoms with Crippen LogP contribution in [-0.2, 0) is 0 Å². The molecule has 0 spiro atoms. The van der Waals surface area contributed by atoms with E-state index >= 15 is 0 Å². The van der Waals surface area contributed by atoms with Gasteiger partial charge in [0.05, 0.1) is 0 Å². The van der Waals surface area contributed by atoms with Crippen molar-refractivity contribution in [2.45, 2.75) is 0 Å². The molecule has 4 aromatic heterocycles. The third kappa shape index (κ3) is 3.94. The Morgan fingerprint density at radius 1 is 0.600 bits per heavy atom. The largest absolute Gasteiger partial charge is 0.307 e. The predicted molar refractivity (Wildman–Crippen MR) is 88.3 cm³/mol. The van der Waals surface area contributed by atoms with Crippen LogP contribution in [0, 0.1) is 0 Å². The summed E-state index contributed by atoms with van der Waals surface area (Å²) < 4.78 is 0. The molecule has 4 heterocycles. The Labute approximate surface area is 145 Å². The number of halogens is 1. The van der Waals surface area contributed by atoms with Crippen LogP contribution in [0.5, 0.6) is 0 Å². The summed E-state index contributed by atoms with van der Waals surface area (Å²) in [5, 5.41) is 28.3. The zero-order valence-electron chi connectivity index (χ0n) is 12.3. The van der Waals surface area contributed by atoms with Gasteiger partial charge in [0, 0.05) is 6.07 Å². The maximum atomic E-state index is 4.30. The van der Waals surface area contributed by atoms with Crippen molar-refractivity contribution in [2.24, 2.45) is 0 Å². The summed E-state index contributed by atoms with van der Waals surface area (Å²) in [6.45, 7) is 0. The molecule has 0 saturated heterocycles. The summed E-state index contributed by atoms with van der Waals surface area (Å²) in [5.74, 6) is 2.20. The third-order valence-corrected chi connectivity index (χ3v) is 2.67. The number of hydrogen-bond donors (Lipinski definition) is 6. The first-order chi connectivity index (χ1) is 11.8. The number of hydrogen-bond acceptors (Lipinski definition) is 11. The Kier molecular flexibility index (Phi) is 4.61. The van der Waals surface area contributed by atoms with Crippen molar-refractivity contribution in [3.05, 3.63) is 25.0 Å². The molecule has 0 bridgehead atoms. The Balaban J connectivity index is 0.00000182. The SMILES string of the molecule is Cl.c1nc(Nc2cc(Nc3nc[nH]n3)nc(Nc3nc[nH]n3)n2)n[nH]1. The molecule has 0 saturated carbocycles. The maximum Gasteiger partial charge on any atom is 0.248 e. The quantitative estimate of drug-likeness (QED) is 0.280. The first-order valence-corrected chi connectivity index (χ1v) is 6.62. The molecule has 4 aromatic rings. The second-order valence-electron chi connectivity index (χ2n) is 4.31. The minimum absolute atomic E-state index is 0. The molecule has 6 N–H and O–H groups in total. The van der Waals surface area contributed by atoms with Gasteiger partial charge in [-0.1, -0.05) is 0 Å². The van der Waals surface area contributed by atoms with E-state index in [1.807, 2.05) is 0 Å². The molecular formula is C10H11ClN14. The van der Waals surface area contributed by atoms with E-state index in [-0.39, 0.29) is 18.4 Å². The van der Waals surface area contributed by atoms with Gasteiger partial charge in [0.15, 0.2) is 0 Å². The molecule has 0 aliphatic heterocycles. The Morgan fingerprint density at radius 2 is 1.04 bits per heavy atom. The van der Waals surface area contributed by atoms with Gasteiger partial charge in [-0.3, -0.25) is 20.6 Å². The van der Waals surface area contributed by atoms with E-state index < -0.39 is 0 Å². The molecule has 128 valence electrons. The van der Waals surface area contributed by atoms with Crippen molar-refractivity contribution in [2.75, 3.05) is 16.0 Å². The van der Waals surface area contributed by atoms with E-state index in [2.05, 4.69) is 71.5 Å². The number of nitrogens with zero attached hydrogens (tertiary/aromatic N) is 8. The molecule has 14 nitrogen and oxygen atoms in total. The highest BCUT2D eigenvalue weighted by Crippen LogP contribution is 2.20. The first-order valence-electron chi connectivity index (χ1n) is 6.62. The lowest BCUT2D eigenvalue weighted by Crippen LogP contribution is -2.05. The zero-order valence-corrected chi connectivity index (χ0v) is 13.1. The summed E-state index contributed by atoms with van der Waals surface area (Å²) in [6, 6.07) is 1.65. The fourth-order valence-corrected chi connectivity index (χ4v) is 1.77. The molecule has 4 rings (SSSR count). The Bertz CT molecular complexity index is 754. The van der Waals surface area contributed by atoms with Gasteiger partial charge in [-0.05, 0) is 0 Å². The fourth-order valence-electron chi connectivity index (χ4n) is 1.77. The van der Waals surface area contributed by atoms with Gasteiger partial charge in [0.25, 0.3) is 0 Å². The van der Waals surface area contributed by atoms with E-state index in [9.17, 15) is 0 Å². The summed E-state index contributed by atoms with van der Waals surface area (Å²) in [6.07, 6.45) is 4.33. The summed E-state index contributed by atoms with van der Waals surface area (Å²) >= 11 is 0. The topological polar surface area (TPSA) is 187 Å². The number of nitrogens with one attached hydrogen (secondary N) is 6. The van der Waals surface area contributed by atoms with Gasteiger partial charge in [0.2, 0.25) is 23.8 Å². The zero-order chi connectivity index (χ0) is 16.2. The van der Waals surface area contributed by atoms with Gasteiger partial charge < -0.3 is 10.6 Å². The molecular weight excluding hydrogens is 352 g/mol. The summed E-state index contributed by atoms with van der Waals surface area (Å²) in [5.41, 5.74) is 0. The summed E-state index contributed by atoms with van der Waals surface area (Å²) in [7, 11) is 0. The van der Waals surface area contributed by atoms with Crippen LogP contribution in [0.3, 0.4) is 0 Å². The number of anilines is 6. The molecule has 0 aliphatic rings. The highest BCUT2D eigenvalue weighted by Gasteiger charge is 2.09. The van der Waals surface area contributed by atoms with Gasteiger partial charge in [-0.15, -0.1) is 27.7 Å². The van der Waals surface area contributed by atoms with Crippen LogP contribution in [0.15, 0.2) is 25.0 Å². The van der Waals surface area contributed by atoms with Crippen molar-refractivity contribution in [3.63, 3.8) is 0 Å². The molecule has 0 radical (unpaired) electrons. The second kappa shape index (κ2) is 7.18. The normalized spacial score (nSPS) is 10.1. The second-order valence-corrected chi connectivity index (χ2v) is 4.31. The molecule has 0 fully saturated rings. The van der Waals surface area contributed by atoms with Crippen LogP contribution < -0.4 is 16.0 Å². The van der Waals surface area contributed by atoms with Crippen molar-refractivity contribution in [1.82, 2.24) is 55.5 Å². The monoisotopic (exact) mass is 362 g/mol. The highest BCUT2D eigenvalue weighted by atomic mass is 35.5. The molecule has 0 atom stereocenters. The van der Waals surface area contributed by atoms with Crippen LogP contribution in [0.4, 0.5) is 35.4 Å². The lowest BCUT2D eigenvalue weighted by atomic mass is 10.5. The van der Waals surface area contributed by atoms with Crippen LogP contribution in [0.25, 0.3) is 0 Å². The first kappa shape index (κ1) is 16.1. The maximum absolute atomic E-state index is 4.30. The van der Waals surface area contributed by atoms with E-state index in [0.717, 1.165) is 0 Å². The number of H-pyrrole nitrogens is 3. The van der Waals surface area contributed by atoms with Gasteiger partial charge in [-0.2, -0.15) is 9.97 Å². The average molecular weight is 363 g/mol. The minimum Gasteiger partial charge on any atom is -0.307 e. The van der Waals surface area contributed by atoms with E-state index in [0.29, 0.717) is 29.5 Å². The Hall–Kier alpha value is -3.81. The van der Waals surface area contributed by atoms with Crippen LogP contribution in [0.1, 0.15) is 0 Å². The lowest BCUT2D eigenvalue weighted by Gasteiger charge is -2.08. The third-order valence-electron chi connectivity index (χ3n) is 2.67. The number of aromatic amines is 3. The van der Waals surface area contributed by atoms with Crippen LogP contribution in [-0.4, -0.2) is 55.5 Å². The standard InChI is InChI=1S/C10H10N14.ClH/c1-5(17-7-11-2-14-22-7)19-10(21-9-13-4-16-24-9)20-6(1)18-8-12-3-15-23-8;/h1-4H,(H6,11,12,13,14,15,16,17,18,19,20,21,22,23,24);1H. The summed E-state index contributed by atoms with van der Waals surface area (Å²) in [4.78, 5) is 20.5. The lowest BCUT2D eigenvalue weighted by molar-refractivity contribution is 1.06. The average Bonchev–Trinajstić information content (AvgIpc) is 3.30. The van der Waals surface area contributed by atoms with Gasteiger partial charge >= 0.3 is 0 Å². The van der Waals surface area contributed by atoms with Crippen molar-refractivity contribution < 1.29 is 0 Å². The van der Waals surface area contributed by atoms with Crippen LogP contribution >= 0.6 is 12.4 Å². The number of aromatic nitrogens is 11. The smallest absolute Gasteiger partial charge is 0.248 e. The highest BCUT2D eigenvalue weighted by molar-refractivity contribution is 5.85. The molecule has 0 unspecified atom stereocenters. The Morgan fingerprint density at radius 3 is 1.44 bits per heavy atom. The fraction of sp³-hybridized carbons (Fsp3) is 0. The molecule has 0 aliphatic carbocycles. The number of rotatable bonds is 6. The molecule has 25 heavy (non-hydrogen) atoms. The molecule has 0 aromatic carbocycles. The van der Waals surface area contributed by atoms with Crippen molar-refractivity contribution >= 4 is 47.8 Å². The van der Waals surface area contributed by atoms with Crippen molar-refractivity contribution in [3.8, 4) is 0 Å². The minimum atomic E-state index is 0. The van der Waals surface area contributed by atoms with Crippen molar-refractivity contribution in [1.29, 1.82) is 0 Å². The van der Waals surface area contributed by atoms with Gasteiger partial charge in [-0.25, -0.2) is 15.0 Å². The molecule has 0 amide bonds. The van der Waals surface area contributed by atoms with Crippen LogP contribution in [0.2, 0.25) is 0 Å². The van der Waals surface area contributed by atoms with Gasteiger partial charge in [0.1, 0.15) is 30.6 Å². The van der Waals surface area contributed by atoms with E-state index in [4.69, 9.17) is 0 Å². The van der Waals surface area contributed by atoms with E-state index in [1.54, 1.807) is 6.07 Å².